The van der Waals surface area contributed by atoms with Crippen LogP contribution in [0.1, 0.15) is 29.2 Å². The van der Waals surface area contributed by atoms with Crippen LogP contribution in [0.5, 0.6) is 11.6 Å². The molecule has 0 aliphatic rings. The average Bonchev–Trinajstić information content (AvgIpc) is 2.77. The van der Waals surface area contributed by atoms with Gasteiger partial charge in [-0.15, -0.1) is 0 Å². The van der Waals surface area contributed by atoms with Crippen molar-refractivity contribution in [3.8, 4) is 11.6 Å². The molecule has 2 aromatic heterocycles. The Morgan fingerprint density at radius 1 is 1.00 bits per heavy atom. The Labute approximate surface area is 182 Å². The quantitative estimate of drug-likeness (QED) is 0.411. The Bertz CT molecular complexity index is 1330. The number of ether oxygens (including phenoxy) is 1. The van der Waals surface area contributed by atoms with E-state index in [2.05, 4.69) is 9.97 Å². The summed E-state index contributed by atoms with van der Waals surface area (Å²) in [6, 6.07) is 13.5. The summed E-state index contributed by atoms with van der Waals surface area (Å²) in [6.45, 7) is 4.23. The van der Waals surface area contributed by atoms with Crippen molar-refractivity contribution in [3.63, 3.8) is 0 Å². The van der Waals surface area contributed by atoms with Crippen molar-refractivity contribution in [1.82, 2.24) is 14.5 Å². The van der Waals surface area contributed by atoms with Crippen LogP contribution in [0.2, 0.25) is 0 Å². The van der Waals surface area contributed by atoms with Gasteiger partial charge in [0.1, 0.15) is 11.3 Å². The fourth-order valence-corrected chi connectivity index (χ4v) is 3.36. The summed E-state index contributed by atoms with van der Waals surface area (Å²) in [5, 5.41) is 0.246. The summed E-state index contributed by atoms with van der Waals surface area (Å²) >= 11 is 0. The molecular formula is C24H20F3N3O2. The molecule has 0 saturated carbocycles. The molecule has 0 atom stereocenters. The molecular weight excluding hydrogens is 419 g/mol. The van der Waals surface area contributed by atoms with Crippen LogP contribution >= 0.6 is 0 Å². The molecule has 164 valence electrons. The van der Waals surface area contributed by atoms with Gasteiger partial charge in [0.25, 0.3) is 5.56 Å². The first kappa shape index (κ1) is 21.5. The highest BCUT2D eigenvalue weighted by molar-refractivity contribution is 5.79. The fourth-order valence-electron chi connectivity index (χ4n) is 3.36. The molecule has 0 radical (unpaired) electrons. The number of benzene rings is 2. The number of rotatable bonds is 5. The van der Waals surface area contributed by atoms with Crippen LogP contribution in [-0.2, 0) is 19.1 Å². The van der Waals surface area contributed by atoms with Crippen molar-refractivity contribution in [1.29, 1.82) is 0 Å². The molecule has 0 fully saturated rings. The van der Waals surface area contributed by atoms with Gasteiger partial charge in [-0.05, 0) is 48.7 Å². The Morgan fingerprint density at radius 2 is 1.75 bits per heavy atom. The van der Waals surface area contributed by atoms with Crippen LogP contribution in [-0.4, -0.2) is 14.5 Å². The maximum Gasteiger partial charge on any atom is 0.421 e. The van der Waals surface area contributed by atoms with Crippen molar-refractivity contribution in [2.75, 3.05) is 0 Å². The first-order valence-corrected chi connectivity index (χ1v) is 10.0. The van der Waals surface area contributed by atoms with Crippen LogP contribution in [0.3, 0.4) is 0 Å². The standard InChI is InChI=1S/C24H20F3N3O2/c1-3-16-10-20(24(25,26)27)23(28-12-16)32-18-8-9-21-19(11-18)22(31)29-14-30(21)13-17-6-4-15(2)5-7-17/h4-12,14H,3,13H2,1-2H3. The third-order valence-corrected chi connectivity index (χ3v) is 5.13. The zero-order chi connectivity index (χ0) is 22.9. The van der Waals surface area contributed by atoms with Gasteiger partial charge in [0.15, 0.2) is 0 Å². The number of alkyl halides is 3. The van der Waals surface area contributed by atoms with Crippen LogP contribution in [0.4, 0.5) is 13.2 Å². The molecule has 0 unspecified atom stereocenters. The maximum atomic E-state index is 13.5. The maximum absolute atomic E-state index is 13.5. The summed E-state index contributed by atoms with van der Waals surface area (Å²) in [4.78, 5) is 20.1. The van der Waals surface area contributed by atoms with Gasteiger partial charge in [0.2, 0.25) is 5.88 Å². The molecule has 5 nitrogen and oxygen atoms in total. The lowest BCUT2D eigenvalue weighted by Crippen LogP contribution is -2.13. The third-order valence-electron chi connectivity index (χ3n) is 5.13. The molecule has 0 N–H and O–H groups in total. The van der Waals surface area contributed by atoms with Crippen LogP contribution in [0.15, 0.2) is 65.8 Å². The molecule has 4 aromatic rings. The smallest absolute Gasteiger partial charge is 0.421 e. The van der Waals surface area contributed by atoms with Crippen LogP contribution < -0.4 is 10.3 Å². The number of hydrogen-bond acceptors (Lipinski definition) is 4. The van der Waals surface area contributed by atoms with Crippen LogP contribution in [0, 0.1) is 6.92 Å². The Balaban J connectivity index is 1.71. The number of hydrogen-bond donors (Lipinski definition) is 0. The minimum absolute atomic E-state index is 0.0757. The second-order valence-electron chi connectivity index (χ2n) is 7.49. The van der Waals surface area contributed by atoms with E-state index in [4.69, 9.17) is 4.74 Å². The molecule has 2 heterocycles. The van der Waals surface area contributed by atoms with Gasteiger partial charge < -0.3 is 9.30 Å². The largest absolute Gasteiger partial charge is 0.438 e. The molecule has 0 bridgehead atoms. The zero-order valence-corrected chi connectivity index (χ0v) is 17.5. The summed E-state index contributed by atoms with van der Waals surface area (Å²) in [7, 11) is 0. The second kappa shape index (κ2) is 8.45. The normalized spacial score (nSPS) is 11.7. The molecule has 32 heavy (non-hydrogen) atoms. The van der Waals surface area contributed by atoms with Crippen molar-refractivity contribution < 1.29 is 17.9 Å². The van der Waals surface area contributed by atoms with Crippen molar-refractivity contribution in [3.05, 3.63) is 93.7 Å². The van der Waals surface area contributed by atoms with Crippen molar-refractivity contribution in [2.24, 2.45) is 0 Å². The highest BCUT2D eigenvalue weighted by Crippen LogP contribution is 2.37. The van der Waals surface area contributed by atoms with Gasteiger partial charge in [-0.1, -0.05) is 36.8 Å². The van der Waals surface area contributed by atoms with Gasteiger partial charge in [-0.25, -0.2) is 4.98 Å². The van der Waals surface area contributed by atoms with E-state index in [1.54, 1.807) is 17.6 Å². The number of pyridine rings is 1. The SMILES string of the molecule is CCc1cnc(Oc2ccc3c(c2)c(=O)ncn3Cc2ccc(C)cc2)c(C(F)(F)F)c1. The predicted molar refractivity (Wildman–Crippen MR) is 115 cm³/mol. The summed E-state index contributed by atoms with van der Waals surface area (Å²) in [6.07, 6.45) is -1.40. The van der Waals surface area contributed by atoms with E-state index in [1.807, 2.05) is 31.2 Å². The predicted octanol–water partition coefficient (Wildman–Crippen LogP) is 5.52. The number of aromatic nitrogens is 3. The van der Waals surface area contributed by atoms with E-state index in [1.165, 1.54) is 24.7 Å². The monoisotopic (exact) mass is 439 g/mol. The van der Waals surface area contributed by atoms with E-state index in [0.29, 0.717) is 24.0 Å². The van der Waals surface area contributed by atoms with Crippen LogP contribution in [0.25, 0.3) is 10.9 Å². The lowest BCUT2D eigenvalue weighted by molar-refractivity contribution is -0.138. The molecule has 4 rings (SSSR count). The van der Waals surface area contributed by atoms with Gasteiger partial charge in [-0.2, -0.15) is 18.2 Å². The number of aryl methyl sites for hydroxylation is 2. The third kappa shape index (κ3) is 4.49. The summed E-state index contributed by atoms with van der Waals surface area (Å²) < 4.78 is 47.7. The molecule has 2 aromatic carbocycles. The van der Waals surface area contributed by atoms with Crippen molar-refractivity contribution >= 4 is 10.9 Å². The Kier molecular flexibility index (Phi) is 5.69. The average molecular weight is 439 g/mol. The van der Waals surface area contributed by atoms with E-state index in [0.717, 1.165) is 17.2 Å². The number of halogens is 3. The lowest BCUT2D eigenvalue weighted by atomic mass is 10.1. The molecule has 0 aliphatic carbocycles. The van der Waals surface area contributed by atoms with Gasteiger partial charge in [-0.3, -0.25) is 4.79 Å². The molecule has 0 aliphatic heterocycles. The van der Waals surface area contributed by atoms with E-state index in [9.17, 15) is 18.0 Å². The van der Waals surface area contributed by atoms with Gasteiger partial charge >= 0.3 is 6.18 Å². The lowest BCUT2D eigenvalue weighted by Gasteiger charge is -2.15. The van der Waals surface area contributed by atoms with Gasteiger partial charge in [0, 0.05) is 12.7 Å². The molecule has 0 amide bonds. The number of nitrogens with zero attached hydrogens (tertiary/aromatic N) is 3. The topological polar surface area (TPSA) is 57.0 Å². The highest BCUT2D eigenvalue weighted by atomic mass is 19.4. The minimum atomic E-state index is -4.62. The fraction of sp³-hybridized carbons (Fsp3) is 0.208. The van der Waals surface area contributed by atoms with E-state index in [-0.39, 0.29) is 11.1 Å². The van der Waals surface area contributed by atoms with E-state index >= 15 is 0 Å². The first-order valence-electron chi connectivity index (χ1n) is 10.0. The highest BCUT2D eigenvalue weighted by Gasteiger charge is 2.36. The summed E-state index contributed by atoms with van der Waals surface area (Å²) in [5.41, 5.74) is 1.76. The minimum Gasteiger partial charge on any atom is -0.438 e. The zero-order valence-electron chi connectivity index (χ0n) is 17.5. The van der Waals surface area contributed by atoms with E-state index < -0.39 is 23.2 Å². The molecule has 8 heteroatoms. The molecule has 0 spiro atoms. The number of fused-ring (bicyclic) bond motifs is 1. The Hall–Kier alpha value is -3.68. The second-order valence-corrected chi connectivity index (χ2v) is 7.49. The summed E-state index contributed by atoms with van der Waals surface area (Å²) in [5.74, 6) is -0.482. The Morgan fingerprint density at radius 3 is 2.44 bits per heavy atom. The molecule has 0 saturated heterocycles. The van der Waals surface area contributed by atoms with Gasteiger partial charge in [0.05, 0.1) is 17.2 Å². The van der Waals surface area contributed by atoms with Crippen molar-refractivity contribution in [2.45, 2.75) is 33.0 Å². The first-order chi connectivity index (χ1) is 15.2.